The van der Waals surface area contributed by atoms with Gasteiger partial charge in [0.25, 0.3) is 0 Å². The molecule has 0 saturated heterocycles. The molecule has 0 aliphatic carbocycles. The fraction of sp³-hybridized carbons (Fsp3) is 0.818. The Morgan fingerprint density at radius 1 is 1.14 bits per heavy atom. The van der Waals surface area contributed by atoms with E-state index in [1.807, 2.05) is 0 Å². The molecule has 0 radical (unpaired) electrons. The van der Waals surface area contributed by atoms with E-state index in [0.717, 1.165) is 0 Å². The van der Waals surface area contributed by atoms with Crippen molar-refractivity contribution < 1.29 is 54.4 Å². The van der Waals surface area contributed by atoms with Gasteiger partial charge in [0.1, 0.15) is 6.04 Å². The molecule has 2 atom stereocenters. The maximum absolute atomic E-state index is 12.0. The number of thioether (sulfide) groups is 1. The van der Waals surface area contributed by atoms with Crippen LogP contribution in [0.5, 0.6) is 0 Å². The number of amides is 1. The average Bonchev–Trinajstić information content (AvgIpc) is 2.48. The van der Waals surface area contributed by atoms with Crippen molar-refractivity contribution in [3.63, 3.8) is 0 Å². The highest BCUT2D eigenvalue weighted by Crippen LogP contribution is 2.67. The van der Waals surface area contributed by atoms with Crippen LogP contribution in [-0.4, -0.2) is 83.2 Å². The minimum absolute atomic E-state index is 0. The van der Waals surface area contributed by atoms with Crippen molar-refractivity contribution in [2.24, 2.45) is 5.73 Å². The first-order valence-corrected chi connectivity index (χ1v) is 11.9. The van der Waals surface area contributed by atoms with Crippen molar-refractivity contribution in [1.82, 2.24) is 10.6 Å². The summed E-state index contributed by atoms with van der Waals surface area (Å²) < 4.78 is 22.7. The van der Waals surface area contributed by atoms with E-state index in [1.54, 1.807) is 6.26 Å². The van der Waals surface area contributed by atoms with Crippen LogP contribution in [0.4, 0.5) is 0 Å². The molecule has 14 nitrogen and oxygen atoms in total. The Bertz CT molecular complexity index is 574. The molecule has 0 bridgehead atoms. The topological polar surface area (TPSA) is 283 Å². The first-order chi connectivity index (χ1) is 11.7. The maximum Gasteiger partial charge on any atom is 0.357 e. The number of hydrogen-bond acceptors (Lipinski definition) is 7. The molecule has 0 heterocycles. The van der Waals surface area contributed by atoms with Crippen LogP contribution in [0.25, 0.3) is 0 Å². The van der Waals surface area contributed by atoms with Gasteiger partial charge < -0.3 is 52.0 Å². The number of nitrogens with two attached hydrogens (primary N) is 1. The van der Waals surface area contributed by atoms with Crippen molar-refractivity contribution in [2.75, 3.05) is 18.6 Å². The third-order valence-electron chi connectivity index (χ3n) is 3.57. The summed E-state index contributed by atoms with van der Waals surface area (Å²) in [5.74, 6) is -1.38. The summed E-state index contributed by atoms with van der Waals surface area (Å²) in [4.78, 5) is 59.6. The second-order valence-corrected chi connectivity index (χ2v) is 10.7. The summed E-state index contributed by atoms with van der Waals surface area (Å²) in [7, 11) is -10.7. The number of carboxylic acids is 1. The Hall–Kier alpha value is -0.570. The van der Waals surface area contributed by atoms with Crippen LogP contribution in [0, 0.1) is 0 Å². The number of carbonyl (C=O) groups is 2. The smallest absolute Gasteiger partial charge is 0.357 e. The van der Waals surface area contributed by atoms with Gasteiger partial charge in [-0.3, -0.25) is 13.9 Å². The Labute approximate surface area is 165 Å². The first-order valence-electron chi connectivity index (χ1n) is 7.33. The van der Waals surface area contributed by atoms with E-state index in [0.29, 0.717) is 5.75 Å². The molecule has 0 aromatic carbocycles. The largest absolute Gasteiger partial charge is 0.480 e. The fourth-order valence-electron chi connectivity index (χ4n) is 1.82. The lowest BCUT2D eigenvalue weighted by Crippen LogP contribution is -2.50. The molecule has 170 valence electrons. The highest BCUT2D eigenvalue weighted by Gasteiger charge is 2.56. The standard InChI is InChI=1S/C11H25N3O9P2S.2H2O/c1-7(9(15)14-8(10(16)17)3-6-26-2)13-5-4-11(12,24(18,19)20)25(21,22)23;;/h7-8,13H,3-6,12H2,1-2H3,(H,14,15)(H,16,17)(H2,18,19,20)(H2,21,22,23);2*1H2/t7-,8-;;/m0../s1. The molecule has 0 spiro atoms. The molecule has 0 fully saturated rings. The zero-order valence-corrected chi connectivity index (χ0v) is 17.8. The lowest BCUT2D eigenvalue weighted by molar-refractivity contribution is -0.142. The monoisotopic (exact) mass is 473 g/mol. The molecule has 0 unspecified atom stereocenters. The number of rotatable bonds is 12. The molecule has 28 heavy (non-hydrogen) atoms. The molecule has 0 aliphatic rings. The Kier molecular flexibility index (Phi) is 14.8. The van der Waals surface area contributed by atoms with Crippen molar-refractivity contribution in [1.29, 1.82) is 0 Å². The van der Waals surface area contributed by atoms with Crippen LogP contribution in [0.15, 0.2) is 0 Å². The Balaban J connectivity index is -0.00000312. The Morgan fingerprint density at radius 3 is 1.96 bits per heavy atom. The summed E-state index contributed by atoms with van der Waals surface area (Å²) in [6.45, 7) is 0.958. The Morgan fingerprint density at radius 2 is 1.61 bits per heavy atom. The van der Waals surface area contributed by atoms with Crippen LogP contribution in [0.3, 0.4) is 0 Å². The second-order valence-electron chi connectivity index (χ2n) is 5.57. The van der Waals surface area contributed by atoms with E-state index in [9.17, 15) is 18.7 Å². The quantitative estimate of drug-likeness (QED) is 0.132. The molecular weight excluding hydrogens is 444 g/mol. The summed E-state index contributed by atoms with van der Waals surface area (Å²) in [5.41, 5.74) is 5.24. The van der Waals surface area contributed by atoms with Crippen LogP contribution in [0.1, 0.15) is 19.8 Å². The molecule has 13 N–H and O–H groups in total. The number of carbonyl (C=O) groups excluding carboxylic acids is 1. The molecule has 0 aliphatic heterocycles. The molecule has 0 aromatic rings. The summed E-state index contributed by atoms with van der Waals surface area (Å²) in [5, 5.41) is 10.8. The van der Waals surface area contributed by atoms with Crippen LogP contribution >= 0.6 is 27.0 Å². The zero-order valence-electron chi connectivity index (χ0n) is 15.2. The molecular formula is C11H29N3O11P2S. The van der Waals surface area contributed by atoms with Crippen molar-refractivity contribution in [2.45, 2.75) is 36.9 Å². The van der Waals surface area contributed by atoms with E-state index < -0.39 is 57.1 Å². The summed E-state index contributed by atoms with van der Waals surface area (Å²) >= 11 is 1.41. The van der Waals surface area contributed by atoms with Gasteiger partial charge in [0.2, 0.25) is 10.9 Å². The highest BCUT2D eigenvalue weighted by atomic mass is 32.2. The predicted molar refractivity (Wildman–Crippen MR) is 103 cm³/mol. The molecule has 0 rings (SSSR count). The second kappa shape index (κ2) is 12.9. The minimum Gasteiger partial charge on any atom is -0.480 e. The summed E-state index contributed by atoms with van der Waals surface area (Å²) in [6.07, 6.45) is 1.18. The van der Waals surface area contributed by atoms with Gasteiger partial charge in [-0.2, -0.15) is 11.8 Å². The number of carboxylic acid groups (broad SMARTS) is 1. The van der Waals surface area contributed by atoms with E-state index in [-0.39, 0.29) is 17.4 Å². The minimum atomic E-state index is -5.35. The normalized spacial score (nSPS) is 14.2. The van der Waals surface area contributed by atoms with Crippen LogP contribution in [-0.2, 0) is 18.7 Å². The van der Waals surface area contributed by atoms with E-state index in [1.165, 1.54) is 18.7 Å². The van der Waals surface area contributed by atoms with Gasteiger partial charge in [-0.05, 0) is 31.9 Å². The molecule has 17 heteroatoms. The third-order valence-corrected chi connectivity index (χ3v) is 8.24. The lowest BCUT2D eigenvalue weighted by atomic mass is 10.2. The SMILES string of the molecule is CSCC[C@H](NC(=O)[C@H](C)NCCC(N)(P(=O)(O)O)P(=O)(O)O)C(=O)O.O.O. The highest BCUT2D eigenvalue weighted by molar-refractivity contribution is 7.98. The molecule has 1 amide bonds. The number of hydrogen-bond donors (Lipinski definition) is 8. The van der Waals surface area contributed by atoms with Crippen molar-refractivity contribution in [3.8, 4) is 0 Å². The van der Waals surface area contributed by atoms with Crippen LogP contribution < -0.4 is 16.4 Å². The van der Waals surface area contributed by atoms with Gasteiger partial charge in [0, 0.05) is 6.42 Å². The van der Waals surface area contributed by atoms with Crippen molar-refractivity contribution in [3.05, 3.63) is 0 Å². The van der Waals surface area contributed by atoms with Gasteiger partial charge in [0.05, 0.1) is 6.04 Å². The molecule has 0 saturated carbocycles. The van der Waals surface area contributed by atoms with E-state index in [2.05, 4.69) is 10.6 Å². The van der Waals surface area contributed by atoms with Gasteiger partial charge >= 0.3 is 21.2 Å². The third kappa shape index (κ3) is 9.29. The molecule has 0 aromatic heterocycles. The van der Waals surface area contributed by atoms with Gasteiger partial charge in [0.15, 0.2) is 0 Å². The fourth-order valence-corrected chi connectivity index (χ4v) is 4.45. The average molecular weight is 473 g/mol. The first kappa shape index (κ1) is 32.1. The predicted octanol–water partition coefficient (Wildman–Crippen LogP) is -3.00. The summed E-state index contributed by atoms with van der Waals surface area (Å²) in [6, 6.07) is -2.08. The van der Waals surface area contributed by atoms with E-state index in [4.69, 9.17) is 30.4 Å². The van der Waals surface area contributed by atoms with Gasteiger partial charge in [-0.1, -0.05) is 0 Å². The lowest BCUT2D eigenvalue weighted by Gasteiger charge is -2.31. The number of aliphatic carboxylic acids is 1. The van der Waals surface area contributed by atoms with Gasteiger partial charge in [-0.25, -0.2) is 4.79 Å². The van der Waals surface area contributed by atoms with Crippen LogP contribution in [0.2, 0.25) is 0 Å². The number of nitrogens with one attached hydrogen (secondary N) is 2. The van der Waals surface area contributed by atoms with E-state index >= 15 is 0 Å². The maximum atomic E-state index is 12.0. The zero-order chi connectivity index (χ0) is 20.8. The van der Waals surface area contributed by atoms with Crippen molar-refractivity contribution >= 4 is 38.8 Å². The van der Waals surface area contributed by atoms with Gasteiger partial charge in [-0.15, -0.1) is 0 Å².